The number of hydrogen-bond acceptors (Lipinski definition) is 3. The summed E-state index contributed by atoms with van der Waals surface area (Å²) < 4.78 is 1.08. The number of nitrogens with zero attached hydrogens (tertiary/aromatic N) is 2. The summed E-state index contributed by atoms with van der Waals surface area (Å²) in [6.45, 7) is 0. The van der Waals surface area contributed by atoms with E-state index in [0.717, 1.165) is 27.2 Å². The van der Waals surface area contributed by atoms with Gasteiger partial charge in [0.15, 0.2) is 0 Å². The van der Waals surface area contributed by atoms with Crippen molar-refractivity contribution in [3.63, 3.8) is 0 Å². The molecule has 94 valence electrons. The van der Waals surface area contributed by atoms with Gasteiger partial charge in [-0.15, -0.1) is 11.3 Å². The van der Waals surface area contributed by atoms with E-state index < -0.39 is 0 Å². The Bertz CT molecular complexity index is 679. The Hall–Kier alpha value is -1.52. The predicted molar refractivity (Wildman–Crippen MR) is 82.3 cm³/mol. The Morgan fingerprint density at radius 1 is 1.11 bits per heavy atom. The standard InChI is InChI=1S/C15H11BrN2S/c16-13-3-1-2-12(9-13)14-10-19-15(18-14)8-11-4-6-17-7-5-11/h1-7,9-10H,8H2. The van der Waals surface area contributed by atoms with Crippen molar-refractivity contribution in [3.8, 4) is 11.3 Å². The van der Waals surface area contributed by atoms with Gasteiger partial charge in [0.1, 0.15) is 0 Å². The van der Waals surface area contributed by atoms with Gasteiger partial charge >= 0.3 is 0 Å². The maximum Gasteiger partial charge on any atom is 0.0976 e. The molecular formula is C15H11BrN2S. The van der Waals surface area contributed by atoms with E-state index >= 15 is 0 Å². The summed E-state index contributed by atoms with van der Waals surface area (Å²) in [4.78, 5) is 8.72. The number of rotatable bonds is 3. The molecule has 3 rings (SSSR count). The second-order valence-corrected chi connectivity index (χ2v) is 6.03. The highest BCUT2D eigenvalue weighted by Gasteiger charge is 2.05. The zero-order valence-corrected chi connectivity index (χ0v) is 12.5. The lowest BCUT2D eigenvalue weighted by Crippen LogP contribution is -1.87. The van der Waals surface area contributed by atoms with Crippen LogP contribution < -0.4 is 0 Å². The molecule has 19 heavy (non-hydrogen) atoms. The van der Waals surface area contributed by atoms with Crippen molar-refractivity contribution in [2.75, 3.05) is 0 Å². The van der Waals surface area contributed by atoms with E-state index in [0.29, 0.717) is 0 Å². The van der Waals surface area contributed by atoms with Gasteiger partial charge in [0.2, 0.25) is 0 Å². The molecule has 0 aliphatic carbocycles. The molecule has 4 heteroatoms. The molecule has 0 saturated carbocycles. The summed E-state index contributed by atoms with van der Waals surface area (Å²) in [5.74, 6) is 0. The third-order valence-corrected chi connectivity index (χ3v) is 4.12. The Labute approximate surface area is 124 Å². The van der Waals surface area contributed by atoms with Gasteiger partial charge in [0.25, 0.3) is 0 Å². The summed E-state index contributed by atoms with van der Waals surface area (Å²) >= 11 is 5.19. The number of benzene rings is 1. The molecule has 1 aromatic carbocycles. The number of aromatic nitrogens is 2. The van der Waals surface area contributed by atoms with Gasteiger partial charge in [0.05, 0.1) is 10.7 Å². The van der Waals surface area contributed by atoms with Gasteiger partial charge < -0.3 is 0 Å². The zero-order chi connectivity index (χ0) is 13.1. The lowest BCUT2D eigenvalue weighted by atomic mass is 10.2. The van der Waals surface area contributed by atoms with Crippen LogP contribution in [0, 0.1) is 0 Å². The largest absolute Gasteiger partial charge is 0.265 e. The highest BCUT2D eigenvalue weighted by atomic mass is 79.9. The first-order valence-corrected chi connectivity index (χ1v) is 7.58. The molecular weight excluding hydrogens is 320 g/mol. The minimum absolute atomic E-state index is 0.862. The highest BCUT2D eigenvalue weighted by molar-refractivity contribution is 9.10. The van der Waals surface area contributed by atoms with E-state index in [4.69, 9.17) is 4.98 Å². The van der Waals surface area contributed by atoms with Crippen molar-refractivity contribution < 1.29 is 0 Å². The van der Waals surface area contributed by atoms with Crippen molar-refractivity contribution in [1.29, 1.82) is 0 Å². The predicted octanol–water partition coefficient (Wildman–Crippen LogP) is 4.56. The number of hydrogen-bond donors (Lipinski definition) is 0. The second kappa shape index (κ2) is 5.63. The molecule has 0 bridgehead atoms. The number of thiazole rings is 1. The van der Waals surface area contributed by atoms with E-state index in [1.165, 1.54) is 5.56 Å². The fourth-order valence-electron chi connectivity index (χ4n) is 1.85. The molecule has 0 aliphatic rings. The molecule has 0 amide bonds. The van der Waals surface area contributed by atoms with Gasteiger partial charge in [-0.3, -0.25) is 4.98 Å². The van der Waals surface area contributed by atoms with Crippen molar-refractivity contribution >= 4 is 27.3 Å². The van der Waals surface area contributed by atoms with Crippen LogP contribution in [0.4, 0.5) is 0 Å². The van der Waals surface area contributed by atoms with Crippen molar-refractivity contribution in [3.05, 3.63) is 69.2 Å². The molecule has 0 unspecified atom stereocenters. The summed E-state index contributed by atoms with van der Waals surface area (Å²) in [6, 6.07) is 12.3. The molecule has 2 nitrogen and oxygen atoms in total. The van der Waals surface area contributed by atoms with E-state index in [1.54, 1.807) is 11.3 Å². The molecule has 0 saturated heterocycles. The van der Waals surface area contributed by atoms with Crippen LogP contribution in [0.15, 0.2) is 58.6 Å². The fraction of sp³-hybridized carbons (Fsp3) is 0.0667. The van der Waals surface area contributed by atoms with Gasteiger partial charge in [-0.05, 0) is 29.8 Å². The molecule has 0 spiro atoms. The minimum atomic E-state index is 0.862. The average Bonchev–Trinajstić information content (AvgIpc) is 2.88. The quantitative estimate of drug-likeness (QED) is 0.703. The van der Waals surface area contributed by atoms with Crippen LogP contribution in [0.2, 0.25) is 0 Å². The van der Waals surface area contributed by atoms with Crippen LogP contribution in [0.5, 0.6) is 0 Å². The summed E-state index contributed by atoms with van der Waals surface area (Å²) in [5, 5.41) is 3.24. The highest BCUT2D eigenvalue weighted by Crippen LogP contribution is 2.25. The summed E-state index contributed by atoms with van der Waals surface area (Å²) in [6.07, 6.45) is 4.50. The Kier molecular flexibility index (Phi) is 3.71. The first kappa shape index (κ1) is 12.5. The van der Waals surface area contributed by atoms with E-state index in [9.17, 15) is 0 Å². The fourth-order valence-corrected chi connectivity index (χ4v) is 3.08. The second-order valence-electron chi connectivity index (χ2n) is 4.17. The lowest BCUT2D eigenvalue weighted by Gasteiger charge is -1.98. The molecule has 0 atom stereocenters. The normalized spacial score (nSPS) is 10.6. The molecule has 0 fully saturated rings. The topological polar surface area (TPSA) is 25.8 Å². The minimum Gasteiger partial charge on any atom is -0.265 e. The maximum absolute atomic E-state index is 4.69. The van der Waals surface area contributed by atoms with Crippen molar-refractivity contribution in [2.24, 2.45) is 0 Å². The summed E-state index contributed by atoms with van der Waals surface area (Å²) in [5.41, 5.74) is 3.42. The van der Waals surface area contributed by atoms with Crippen LogP contribution in [0.3, 0.4) is 0 Å². The van der Waals surface area contributed by atoms with E-state index in [-0.39, 0.29) is 0 Å². The Morgan fingerprint density at radius 2 is 1.95 bits per heavy atom. The SMILES string of the molecule is Brc1cccc(-c2csc(Cc3ccncc3)n2)c1. The third kappa shape index (κ3) is 3.08. The van der Waals surface area contributed by atoms with Crippen LogP contribution in [0.1, 0.15) is 10.6 Å². The van der Waals surface area contributed by atoms with Crippen LogP contribution in [-0.4, -0.2) is 9.97 Å². The van der Waals surface area contributed by atoms with Gasteiger partial charge in [-0.1, -0.05) is 28.1 Å². The molecule has 3 aromatic rings. The van der Waals surface area contributed by atoms with Crippen molar-refractivity contribution in [2.45, 2.75) is 6.42 Å². The monoisotopic (exact) mass is 330 g/mol. The molecule has 0 aliphatic heterocycles. The van der Waals surface area contributed by atoms with Crippen molar-refractivity contribution in [1.82, 2.24) is 9.97 Å². The van der Waals surface area contributed by atoms with Crippen LogP contribution in [0.25, 0.3) is 11.3 Å². The third-order valence-electron chi connectivity index (χ3n) is 2.78. The van der Waals surface area contributed by atoms with Gasteiger partial charge in [0, 0.05) is 34.2 Å². The van der Waals surface area contributed by atoms with E-state index in [1.807, 2.05) is 36.7 Å². The lowest BCUT2D eigenvalue weighted by molar-refractivity contribution is 1.12. The number of pyridine rings is 1. The molecule has 2 aromatic heterocycles. The van der Waals surface area contributed by atoms with Crippen LogP contribution >= 0.6 is 27.3 Å². The molecule has 2 heterocycles. The Morgan fingerprint density at radius 3 is 2.74 bits per heavy atom. The van der Waals surface area contributed by atoms with Crippen LogP contribution in [-0.2, 0) is 6.42 Å². The Balaban J connectivity index is 1.84. The van der Waals surface area contributed by atoms with Gasteiger partial charge in [-0.2, -0.15) is 0 Å². The number of halogens is 1. The van der Waals surface area contributed by atoms with E-state index in [2.05, 4.69) is 38.4 Å². The maximum atomic E-state index is 4.69. The zero-order valence-electron chi connectivity index (χ0n) is 10.1. The summed E-state index contributed by atoms with van der Waals surface area (Å²) in [7, 11) is 0. The molecule has 0 N–H and O–H groups in total. The smallest absolute Gasteiger partial charge is 0.0976 e. The van der Waals surface area contributed by atoms with Gasteiger partial charge in [-0.25, -0.2) is 4.98 Å². The molecule has 0 radical (unpaired) electrons. The first-order chi connectivity index (χ1) is 9.31. The average molecular weight is 331 g/mol. The first-order valence-electron chi connectivity index (χ1n) is 5.90.